The smallest absolute Gasteiger partial charge is 0.335 e. The van der Waals surface area contributed by atoms with Crippen LogP contribution in [0.2, 0.25) is 0 Å². The molecule has 4 nitrogen and oxygen atoms in total. The molecule has 0 unspecified atom stereocenters. The fourth-order valence-corrected chi connectivity index (χ4v) is 2.51. The number of pyridine rings is 1. The Bertz CT molecular complexity index is 634. The molecule has 6 heteroatoms. The van der Waals surface area contributed by atoms with Gasteiger partial charge in [-0.1, -0.05) is 0 Å². The summed E-state index contributed by atoms with van der Waals surface area (Å²) >= 11 is 1.32. The number of carbonyl (C=O) groups is 1. The van der Waals surface area contributed by atoms with Gasteiger partial charge in [0.15, 0.2) is 0 Å². The summed E-state index contributed by atoms with van der Waals surface area (Å²) in [7, 11) is 1.52. The molecule has 0 saturated heterocycles. The number of rotatable bonds is 5. The SMILES string of the molecule is COc1ccc(F)cc1CSc1cc(C(=O)O)ccn1. The lowest BCUT2D eigenvalue weighted by Crippen LogP contribution is -1.97. The first-order chi connectivity index (χ1) is 9.60. The van der Waals surface area contributed by atoms with Crippen LogP contribution in [0.25, 0.3) is 0 Å². The van der Waals surface area contributed by atoms with Crippen molar-refractivity contribution in [3.05, 3.63) is 53.5 Å². The van der Waals surface area contributed by atoms with E-state index in [9.17, 15) is 9.18 Å². The van der Waals surface area contributed by atoms with Gasteiger partial charge in [-0.15, -0.1) is 11.8 Å². The van der Waals surface area contributed by atoms with Gasteiger partial charge in [-0.2, -0.15) is 0 Å². The van der Waals surface area contributed by atoms with Crippen molar-refractivity contribution in [3.63, 3.8) is 0 Å². The second kappa shape index (κ2) is 6.38. The highest BCUT2D eigenvalue weighted by Crippen LogP contribution is 2.27. The zero-order valence-electron chi connectivity index (χ0n) is 10.7. The molecule has 0 aliphatic carbocycles. The molecule has 0 aliphatic rings. The van der Waals surface area contributed by atoms with E-state index in [0.29, 0.717) is 22.1 Å². The van der Waals surface area contributed by atoms with Gasteiger partial charge in [0.2, 0.25) is 0 Å². The number of nitrogens with zero attached hydrogens (tertiary/aromatic N) is 1. The van der Waals surface area contributed by atoms with E-state index >= 15 is 0 Å². The maximum atomic E-state index is 13.2. The molecule has 0 radical (unpaired) electrons. The topological polar surface area (TPSA) is 59.4 Å². The number of aromatic nitrogens is 1. The van der Waals surface area contributed by atoms with Gasteiger partial charge in [-0.05, 0) is 30.3 Å². The van der Waals surface area contributed by atoms with Gasteiger partial charge in [0.25, 0.3) is 0 Å². The van der Waals surface area contributed by atoms with Crippen LogP contribution in [0.5, 0.6) is 5.75 Å². The lowest BCUT2D eigenvalue weighted by Gasteiger charge is -2.08. The van der Waals surface area contributed by atoms with Crippen LogP contribution in [0.4, 0.5) is 4.39 Å². The Morgan fingerprint density at radius 2 is 2.20 bits per heavy atom. The van der Waals surface area contributed by atoms with Gasteiger partial charge in [0.05, 0.1) is 17.7 Å². The van der Waals surface area contributed by atoms with E-state index < -0.39 is 5.97 Å². The fourth-order valence-electron chi connectivity index (χ4n) is 1.63. The van der Waals surface area contributed by atoms with Gasteiger partial charge in [-0.3, -0.25) is 0 Å². The van der Waals surface area contributed by atoms with E-state index in [-0.39, 0.29) is 11.4 Å². The summed E-state index contributed by atoms with van der Waals surface area (Å²) in [6.07, 6.45) is 1.44. The Kier molecular flexibility index (Phi) is 4.57. The van der Waals surface area contributed by atoms with E-state index in [1.54, 1.807) is 6.07 Å². The zero-order chi connectivity index (χ0) is 14.5. The van der Waals surface area contributed by atoms with Crippen molar-refractivity contribution < 1.29 is 19.0 Å². The molecular formula is C14H12FNO3S. The average Bonchev–Trinajstić information content (AvgIpc) is 2.45. The van der Waals surface area contributed by atoms with Crippen LogP contribution in [-0.2, 0) is 5.75 Å². The molecule has 20 heavy (non-hydrogen) atoms. The molecule has 1 aromatic carbocycles. The molecule has 0 amide bonds. The van der Waals surface area contributed by atoms with Crippen LogP contribution >= 0.6 is 11.8 Å². The minimum atomic E-state index is -1.00. The molecule has 2 rings (SSSR count). The molecule has 2 aromatic rings. The second-order valence-electron chi connectivity index (χ2n) is 3.93. The Balaban J connectivity index is 2.14. The number of carboxylic acids is 1. The van der Waals surface area contributed by atoms with Crippen LogP contribution < -0.4 is 4.74 Å². The molecule has 1 heterocycles. The highest BCUT2D eigenvalue weighted by Gasteiger charge is 2.08. The van der Waals surface area contributed by atoms with E-state index in [0.717, 1.165) is 0 Å². The lowest BCUT2D eigenvalue weighted by atomic mass is 10.2. The Hall–Kier alpha value is -2.08. The number of carboxylic acid groups (broad SMARTS) is 1. The van der Waals surface area contributed by atoms with Crippen LogP contribution in [0.15, 0.2) is 41.6 Å². The maximum Gasteiger partial charge on any atom is 0.335 e. The third kappa shape index (κ3) is 3.48. The first kappa shape index (κ1) is 14.3. The number of methoxy groups -OCH3 is 1. The number of aromatic carboxylic acids is 1. The predicted molar refractivity (Wildman–Crippen MR) is 73.7 cm³/mol. The Labute approximate surface area is 119 Å². The molecule has 0 atom stereocenters. The number of benzene rings is 1. The van der Waals surface area contributed by atoms with Gasteiger partial charge in [0.1, 0.15) is 11.6 Å². The van der Waals surface area contributed by atoms with Crippen molar-refractivity contribution in [2.75, 3.05) is 7.11 Å². The molecule has 1 N–H and O–H groups in total. The summed E-state index contributed by atoms with van der Waals surface area (Å²) in [5, 5.41) is 9.47. The lowest BCUT2D eigenvalue weighted by molar-refractivity contribution is 0.0696. The summed E-state index contributed by atoms with van der Waals surface area (Å²) in [5.41, 5.74) is 0.869. The molecule has 0 bridgehead atoms. The molecular weight excluding hydrogens is 281 g/mol. The van der Waals surface area contributed by atoms with Crippen LogP contribution in [0.3, 0.4) is 0 Å². The largest absolute Gasteiger partial charge is 0.496 e. The normalized spacial score (nSPS) is 10.3. The Morgan fingerprint density at radius 3 is 2.90 bits per heavy atom. The van der Waals surface area contributed by atoms with Crippen LogP contribution in [0.1, 0.15) is 15.9 Å². The van der Waals surface area contributed by atoms with Gasteiger partial charge in [-0.25, -0.2) is 14.2 Å². The molecule has 104 valence electrons. The highest BCUT2D eigenvalue weighted by molar-refractivity contribution is 7.98. The standard InChI is InChI=1S/C14H12FNO3S/c1-19-12-3-2-11(15)6-10(12)8-20-13-7-9(14(17)18)4-5-16-13/h2-7H,8H2,1H3,(H,17,18). The zero-order valence-corrected chi connectivity index (χ0v) is 11.5. The first-order valence-electron chi connectivity index (χ1n) is 5.74. The monoisotopic (exact) mass is 293 g/mol. The molecule has 0 spiro atoms. The summed E-state index contributed by atoms with van der Waals surface area (Å²) in [6, 6.07) is 7.20. The molecule has 0 aliphatic heterocycles. The van der Waals surface area contributed by atoms with Gasteiger partial charge >= 0.3 is 5.97 Å². The van der Waals surface area contributed by atoms with Crippen molar-refractivity contribution in [1.82, 2.24) is 4.98 Å². The summed E-state index contributed by atoms with van der Waals surface area (Å²) in [6.45, 7) is 0. The first-order valence-corrected chi connectivity index (χ1v) is 6.73. The maximum absolute atomic E-state index is 13.2. The minimum Gasteiger partial charge on any atom is -0.496 e. The van der Waals surface area contributed by atoms with Crippen molar-refractivity contribution in [2.45, 2.75) is 10.8 Å². The van der Waals surface area contributed by atoms with E-state index in [4.69, 9.17) is 9.84 Å². The number of hydrogen-bond acceptors (Lipinski definition) is 4. The third-order valence-electron chi connectivity index (χ3n) is 2.60. The summed E-state index contributed by atoms with van der Waals surface area (Å²) < 4.78 is 18.4. The minimum absolute atomic E-state index is 0.175. The average molecular weight is 293 g/mol. The molecule has 0 saturated carbocycles. The van der Waals surface area contributed by atoms with Crippen molar-refractivity contribution in [2.24, 2.45) is 0 Å². The van der Waals surface area contributed by atoms with Crippen molar-refractivity contribution in [3.8, 4) is 5.75 Å². The molecule has 0 fully saturated rings. The van der Waals surface area contributed by atoms with E-state index in [1.807, 2.05) is 0 Å². The van der Waals surface area contributed by atoms with Gasteiger partial charge in [0, 0.05) is 17.5 Å². The summed E-state index contributed by atoms with van der Waals surface area (Å²) in [5.74, 6) is -0.309. The van der Waals surface area contributed by atoms with E-state index in [1.165, 1.54) is 49.3 Å². The Morgan fingerprint density at radius 1 is 1.40 bits per heavy atom. The predicted octanol–water partition coefficient (Wildman–Crippen LogP) is 3.22. The quantitative estimate of drug-likeness (QED) is 0.858. The second-order valence-corrected chi connectivity index (χ2v) is 4.93. The molecule has 1 aromatic heterocycles. The number of ether oxygens (including phenoxy) is 1. The highest BCUT2D eigenvalue weighted by atomic mass is 32.2. The van der Waals surface area contributed by atoms with Gasteiger partial charge < -0.3 is 9.84 Å². The summed E-state index contributed by atoms with van der Waals surface area (Å²) in [4.78, 5) is 14.9. The van der Waals surface area contributed by atoms with E-state index in [2.05, 4.69) is 4.98 Å². The number of thioether (sulfide) groups is 1. The van der Waals surface area contributed by atoms with Crippen molar-refractivity contribution >= 4 is 17.7 Å². The van der Waals surface area contributed by atoms with Crippen LogP contribution in [-0.4, -0.2) is 23.2 Å². The van der Waals surface area contributed by atoms with Crippen molar-refractivity contribution in [1.29, 1.82) is 0 Å². The van der Waals surface area contributed by atoms with Crippen LogP contribution in [0, 0.1) is 5.82 Å². The number of halogens is 1. The number of hydrogen-bond donors (Lipinski definition) is 1. The fraction of sp³-hybridized carbons (Fsp3) is 0.143. The third-order valence-corrected chi connectivity index (χ3v) is 3.57.